The highest BCUT2D eigenvalue weighted by Crippen LogP contribution is 2.41. The molecule has 186 valence electrons. The van der Waals surface area contributed by atoms with Crippen molar-refractivity contribution in [3.8, 4) is 34.2 Å². The number of thiazole rings is 1. The summed E-state index contributed by atoms with van der Waals surface area (Å²) in [5, 5.41) is 19.1. The summed E-state index contributed by atoms with van der Waals surface area (Å²) < 4.78 is 6.78. The molecule has 0 unspecified atom stereocenters. The van der Waals surface area contributed by atoms with Crippen molar-refractivity contribution in [1.29, 1.82) is 5.26 Å². The summed E-state index contributed by atoms with van der Waals surface area (Å²) in [7, 11) is 0. The zero-order valence-electron chi connectivity index (χ0n) is 19.9. The van der Waals surface area contributed by atoms with Crippen molar-refractivity contribution in [1.82, 2.24) is 4.98 Å². The number of piperidine rings is 1. The molecule has 1 aliphatic heterocycles. The molecule has 1 N–H and O–H groups in total. The SMILES string of the molecule is N#Cc1ccc(-c2ccc(COc3ccccc3-c3nc(N4CCC(C(=O)O)CC4)sc3Cl)cc2)cc1. The molecule has 0 spiro atoms. The molecule has 37 heavy (non-hydrogen) atoms. The van der Waals surface area contributed by atoms with Gasteiger partial charge < -0.3 is 14.7 Å². The van der Waals surface area contributed by atoms with Crippen LogP contribution < -0.4 is 9.64 Å². The lowest BCUT2D eigenvalue weighted by Gasteiger charge is -2.29. The number of nitrogens with zero attached hydrogens (tertiary/aromatic N) is 3. The molecule has 0 radical (unpaired) electrons. The molecular formula is C29H24ClN3O3S. The average Bonchev–Trinajstić information content (AvgIpc) is 3.33. The summed E-state index contributed by atoms with van der Waals surface area (Å²) in [4.78, 5) is 18.2. The van der Waals surface area contributed by atoms with Gasteiger partial charge in [-0.25, -0.2) is 4.98 Å². The van der Waals surface area contributed by atoms with Gasteiger partial charge in [0.2, 0.25) is 0 Å². The van der Waals surface area contributed by atoms with Gasteiger partial charge in [0.1, 0.15) is 22.4 Å². The number of aliphatic carboxylic acids is 1. The Morgan fingerprint density at radius 2 is 1.70 bits per heavy atom. The Labute approximate surface area is 224 Å². The number of aromatic nitrogens is 1. The standard InChI is InChI=1S/C29H24ClN3O3S/c30-27-26(32-29(37-27)33-15-13-23(14-16-33)28(34)35)24-3-1-2-4-25(24)36-18-20-7-11-22(12-8-20)21-9-5-19(17-31)6-10-21/h1-12,23H,13-16,18H2,(H,34,35). The van der Waals surface area contributed by atoms with Crippen LogP contribution in [-0.2, 0) is 11.4 Å². The first-order chi connectivity index (χ1) is 18.0. The molecule has 0 bridgehead atoms. The minimum Gasteiger partial charge on any atom is -0.488 e. The Morgan fingerprint density at radius 1 is 1.05 bits per heavy atom. The van der Waals surface area contributed by atoms with Crippen molar-refractivity contribution in [3.05, 3.63) is 88.3 Å². The molecule has 1 saturated heterocycles. The van der Waals surface area contributed by atoms with E-state index in [1.165, 1.54) is 11.3 Å². The number of para-hydroxylation sites is 1. The second kappa shape index (κ2) is 11.0. The molecule has 8 heteroatoms. The number of hydrogen-bond acceptors (Lipinski definition) is 6. The predicted molar refractivity (Wildman–Crippen MR) is 146 cm³/mol. The van der Waals surface area contributed by atoms with Gasteiger partial charge >= 0.3 is 5.97 Å². The average molecular weight is 530 g/mol. The number of anilines is 1. The Balaban J connectivity index is 1.28. The highest BCUT2D eigenvalue weighted by atomic mass is 35.5. The number of nitriles is 1. The monoisotopic (exact) mass is 529 g/mol. The predicted octanol–water partition coefficient (Wildman–Crippen LogP) is 6.88. The normalized spacial score (nSPS) is 13.8. The van der Waals surface area contributed by atoms with Crippen LogP contribution >= 0.6 is 22.9 Å². The van der Waals surface area contributed by atoms with Crippen molar-refractivity contribution >= 4 is 34.0 Å². The van der Waals surface area contributed by atoms with E-state index in [2.05, 4.69) is 11.0 Å². The number of benzene rings is 3. The first-order valence-corrected chi connectivity index (χ1v) is 13.2. The molecule has 1 aromatic heterocycles. The molecule has 0 aliphatic carbocycles. The van der Waals surface area contributed by atoms with E-state index >= 15 is 0 Å². The Bertz CT molecular complexity index is 1440. The van der Waals surface area contributed by atoms with Gasteiger partial charge in [0, 0.05) is 18.7 Å². The lowest BCUT2D eigenvalue weighted by Crippen LogP contribution is -2.36. The quantitative estimate of drug-likeness (QED) is 0.281. The number of carbonyl (C=O) groups is 1. The number of carboxylic acid groups (broad SMARTS) is 1. The first-order valence-electron chi connectivity index (χ1n) is 12.0. The first kappa shape index (κ1) is 24.8. The third-order valence-electron chi connectivity index (χ3n) is 6.53. The van der Waals surface area contributed by atoms with Gasteiger partial charge in [-0.2, -0.15) is 5.26 Å². The Hall–Kier alpha value is -3.86. The van der Waals surface area contributed by atoms with Gasteiger partial charge in [0.05, 0.1) is 17.6 Å². The molecule has 0 saturated carbocycles. The van der Waals surface area contributed by atoms with Crippen LogP contribution in [-0.4, -0.2) is 29.1 Å². The fourth-order valence-electron chi connectivity index (χ4n) is 4.39. The Morgan fingerprint density at radius 3 is 2.35 bits per heavy atom. The van der Waals surface area contributed by atoms with Crippen LogP contribution in [0.2, 0.25) is 4.34 Å². The minimum atomic E-state index is -0.729. The maximum absolute atomic E-state index is 11.3. The van der Waals surface area contributed by atoms with Gasteiger partial charge in [0.15, 0.2) is 5.13 Å². The van der Waals surface area contributed by atoms with Crippen LogP contribution in [0.15, 0.2) is 72.8 Å². The van der Waals surface area contributed by atoms with Crippen LogP contribution in [0.3, 0.4) is 0 Å². The van der Waals surface area contributed by atoms with E-state index in [-0.39, 0.29) is 5.92 Å². The Kier molecular flexibility index (Phi) is 7.40. The molecular weight excluding hydrogens is 506 g/mol. The molecule has 2 heterocycles. The molecule has 0 atom stereocenters. The fourth-order valence-corrected chi connectivity index (χ4v) is 5.60. The number of halogens is 1. The molecule has 5 rings (SSSR count). The third-order valence-corrected chi connectivity index (χ3v) is 7.84. The highest BCUT2D eigenvalue weighted by molar-refractivity contribution is 7.20. The second-order valence-electron chi connectivity index (χ2n) is 8.89. The fraction of sp³-hybridized carbons (Fsp3) is 0.207. The van der Waals surface area contributed by atoms with E-state index in [0.29, 0.717) is 53.9 Å². The van der Waals surface area contributed by atoms with Crippen molar-refractivity contribution in [2.45, 2.75) is 19.4 Å². The lowest BCUT2D eigenvalue weighted by molar-refractivity contribution is -0.142. The number of carboxylic acids is 1. The van der Waals surface area contributed by atoms with Crippen LogP contribution in [0.5, 0.6) is 5.75 Å². The zero-order valence-corrected chi connectivity index (χ0v) is 21.5. The van der Waals surface area contributed by atoms with E-state index in [0.717, 1.165) is 27.4 Å². The van der Waals surface area contributed by atoms with Gasteiger partial charge in [0.25, 0.3) is 0 Å². The number of rotatable bonds is 7. The van der Waals surface area contributed by atoms with E-state index < -0.39 is 5.97 Å². The molecule has 6 nitrogen and oxygen atoms in total. The smallest absolute Gasteiger partial charge is 0.306 e. The summed E-state index contributed by atoms with van der Waals surface area (Å²) in [6.07, 6.45) is 1.21. The number of hydrogen-bond donors (Lipinski definition) is 1. The van der Waals surface area contributed by atoms with Crippen LogP contribution in [0.25, 0.3) is 22.4 Å². The van der Waals surface area contributed by atoms with Crippen molar-refractivity contribution < 1.29 is 14.6 Å². The zero-order chi connectivity index (χ0) is 25.8. The largest absolute Gasteiger partial charge is 0.488 e. The summed E-state index contributed by atoms with van der Waals surface area (Å²) in [5.74, 6) is -0.326. The molecule has 1 aliphatic rings. The molecule has 3 aromatic carbocycles. The maximum Gasteiger partial charge on any atom is 0.306 e. The van der Waals surface area contributed by atoms with E-state index in [9.17, 15) is 9.90 Å². The summed E-state index contributed by atoms with van der Waals surface area (Å²) in [5.41, 5.74) is 5.29. The van der Waals surface area contributed by atoms with Crippen LogP contribution in [0, 0.1) is 17.2 Å². The second-order valence-corrected chi connectivity index (χ2v) is 10.5. The van der Waals surface area contributed by atoms with E-state index in [1.54, 1.807) is 0 Å². The van der Waals surface area contributed by atoms with Crippen molar-refractivity contribution in [2.24, 2.45) is 5.92 Å². The summed E-state index contributed by atoms with van der Waals surface area (Å²) in [6, 6.07) is 25.5. The molecule has 1 fully saturated rings. The third kappa shape index (κ3) is 5.61. The lowest BCUT2D eigenvalue weighted by atomic mass is 9.97. The number of ether oxygens (including phenoxy) is 1. The van der Waals surface area contributed by atoms with Gasteiger partial charge in [-0.3, -0.25) is 4.79 Å². The van der Waals surface area contributed by atoms with Gasteiger partial charge in [-0.1, -0.05) is 71.5 Å². The van der Waals surface area contributed by atoms with Crippen LogP contribution in [0.1, 0.15) is 24.0 Å². The van der Waals surface area contributed by atoms with Crippen LogP contribution in [0.4, 0.5) is 5.13 Å². The van der Waals surface area contributed by atoms with Crippen molar-refractivity contribution in [3.63, 3.8) is 0 Å². The highest BCUT2D eigenvalue weighted by Gasteiger charge is 2.27. The summed E-state index contributed by atoms with van der Waals surface area (Å²) >= 11 is 8.03. The minimum absolute atomic E-state index is 0.293. The summed E-state index contributed by atoms with van der Waals surface area (Å²) in [6.45, 7) is 1.69. The topological polar surface area (TPSA) is 86.5 Å². The molecule has 4 aromatic rings. The van der Waals surface area contributed by atoms with E-state index in [1.807, 2.05) is 72.8 Å². The van der Waals surface area contributed by atoms with Gasteiger partial charge in [-0.15, -0.1) is 0 Å². The van der Waals surface area contributed by atoms with Crippen molar-refractivity contribution in [2.75, 3.05) is 18.0 Å². The van der Waals surface area contributed by atoms with Gasteiger partial charge in [-0.05, 0) is 53.8 Å². The maximum atomic E-state index is 11.3. The van der Waals surface area contributed by atoms with E-state index in [4.69, 9.17) is 26.6 Å². The molecule has 0 amide bonds.